The van der Waals surface area contributed by atoms with Crippen LogP contribution >= 0.6 is 34.1 Å². The molecule has 0 atom stereocenters. The summed E-state index contributed by atoms with van der Waals surface area (Å²) in [7, 11) is 0. The number of aromatic nitrogens is 3. The van der Waals surface area contributed by atoms with Crippen molar-refractivity contribution in [2.75, 3.05) is 0 Å². The lowest BCUT2D eigenvalue weighted by Crippen LogP contribution is -1.85. The van der Waals surface area contributed by atoms with Gasteiger partial charge in [0.2, 0.25) is 0 Å². The zero-order valence-electron chi connectivity index (χ0n) is 7.27. The Balaban J connectivity index is 2.15. The van der Waals surface area contributed by atoms with Crippen LogP contribution in [-0.2, 0) is 0 Å². The second-order valence-corrected chi connectivity index (χ2v) is 4.35. The van der Waals surface area contributed by atoms with Crippen molar-refractivity contribution < 1.29 is 4.74 Å². The molecule has 0 aliphatic carbocycles. The van der Waals surface area contributed by atoms with E-state index in [0.717, 1.165) is 9.53 Å². The molecule has 0 aromatic carbocycles. The second-order valence-electron chi connectivity index (χ2n) is 2.53. The van der Waals surface area contributed by atoms with Crippen molar-refractivity contribution in [3.8, 4) is 10.9 Å². The fraction of sp³-hybridized carbons (Fsp3) is 0.125. The van der Waals surface area contributed by atoms with Crippen molar-refractivity contribution in [1.29, 1.82) is 0 Å². The van der Waals surface area contributed by atoms with Crippen LogP contribution in [0.25, 0.3) is 0 Å². The van der Waals surface area contributed by atoms with Crippen LogP contribution in [0.15, 0.2) is 18.3 Å². The van der Waals surface area contributed by atoms with E-state index in [0.29, 0.717) is 10.9 Å². The van der Waals surface area contributed by atoms with Gasteiger partial charge in [0.1, 0.15) is 15.3 Å². The van der Waals surface area contributed by atoms with Crippen molar-refractivity contribution in [3.63, 3.8) is 0 Å². The Kier molecular flexibility index (Phi) is 2.92. The van der Waals surface area contributed by atoms with E-state index in [9.17, 15) is 0 Å². The third kappa shape index (κ3) is 2.38. The number of rotatable bonds is 2. The Morgan fingerprint density at radius 2 is 2.29 bits per heavy atom. The predicted molar refractivity (Wildman–Crippen MR) is 61.7 cm³/mol. The molecule has 2 aromatic rings. The van der Waals surface area contributed by atoms with Crippen LogP contribution in [0.2, 0.25) is 0 Å². The van der Waals surface area contributed by atoms with E-state index in [1.54, 1.807) is 6.20 Å². The first-order valence-electron chi connectivity index (χ1n) is 3.84. The molecule has 0 saturated carbocycles. The molecule has 72 valence electrons. The molecule has 2 rings (SSSR count). The Bertz CT molecular complexity index is 428. The lowest BCUT2D eigenvalue weighted by Gasteiger charge is -1.98. The smallest absolute Gasteiger partial charge is 0.298 e. The molecule has 0 N–H and O–H groups in total. The second kappa shape index (κ2) is 4.18. The highest BCUT2D eigenvalue weighted by Gasteiger charge is 2.02. The van der Waals surface area contributed by atoms with Crippen molar-refractivity contribution in [3.05, 3.63) is 27.9 Å². The maximum Gasteiger partial charge on any atom is 0.298 e. The first kappa shape index (κ1) is 9.78. The average molecular weight is 319 g/mol. The molecule has 14 heavy (non-hydrogen) atoms. The van der Waals surface area contributed by atoms with E-state index in [1.807, 2.05) is 19.1 Å². The van der Waals surface area contributed by atoms with Crippen LogP contribution in [0.5, 0.6) is 10.9 Å². The lowest BCUT2D eigenvalue weighted by molar-refractivity contribution is 0.475. The zero-order valence-corrected chi connectivity index (χ0v) is 10.2. The third-order valence-electron chi connectivity index (χ3n) is 1.41. The first-order chi connectivity index (χ1) is 6.74. The van der Waals surface area contributed by atoms with Gasteiger partial charge in [-0.1, -0.05) is 0 Å². The van der Waals surface area contributed by atoms with Crippen LogP contribution in [-0.4, -0.2) is 14.3 Å². The van der Waals surface area contributed by atoms with Crippen LogP contribution < -0.4 is 4.74 Å². The summed E-state index contributed by atoms with van der Waals surface area (Å²) >= 11 is 3.38. The van der Waals surface area contributed by atoms with Crippen LogP contribution in [0.3, 0.4) is 0 Å². The summed E-state index contributed by atoms with van der Waals surface area (Å²) in [6, 6.07) is 3.73. The standard InChI is InChI=1S/C8H6IN3OS/c1-5-11-8(14-12-5)13-6-2-3-7(9)10-4-6/h2-4H,1H3. The zero-order chi connectivity index (χ0) is 9.97. The van der Waals surface area contributed by atoms with Crippen molar-refractivity contribution >= 4 is 34.1 Å². The molecular formula is C8H6IN3OS. The third-order valence-corrected chi connectivity index (χ3v) is 2.74. The van der Waals surface area contributed by atoms with E-state index in [2.05, 4.69) is 36.9 Å². The van der Waals surface area contributed by atoms with Gasteiger partial charge in [0.05, 0.1) is 6.20 Å². The van der Waals surface area contributed by atoms with Crippen molar-refractivity contribution in [2.24, 2.45) is 0 Å². The predicted octanol–water partition coefficient (Wildman–Crippen LogP) is 2.64. The minimum absolute atomic E-state index is 0.547. The molecule has 0 aliphatic heterocycles. The van der Waals surface area contributed by atoms with Gasteiger partial charge in [-0.05, 0) is 41.6 Å². The van der Waals surface area contributed by atoms with Crippen molar-refractivity contribution in [1.82, 2.24) is 14.3 Å². The van der Waals surface area contributed by atoms with Crippen molar-refractivity contribution in [2.45, 2.75) is 6.92 Å². The summed E-state index contributed by atoms with van der Waals surface area (Å²) in [5.74, 6) is 1.41. The van der Waals surface area contributed by atoms with E-state index < -0.39 is 0 Å². The van der Waals surface area contributed by atoms with Gasteiger partial charge in [-0.3, -0.25) is 0 Å². The molecule has 2 aromatic heterocycles. The topological polar surface area (TPSA) is 47.9 Å². The van der Waals surface area contributed by atoms with Gasteiger partial charge in [-0.2, -0.15) is 9.36 Å². The van der Waals surface area contributed by atoms with Gasteiger partial charge in [-0.25, -0.2) is 4.98 Å². The summed E-state index contributed by atoms with van der Waals surface area (Å²) in [5, 5.41) is 0.547. The quantitative estimate of drug-likeness (QED) is 0.631. The molecule has 0 spiro atoms. The van der Waals surface area contributed by atoms with E-state index in [-0.39, 0.29) is 0 Å². The molecule has 0 radical (unpaired) electrons. The number of nitrogens with zero attached hydrogens (tertiary/aromatic N) is 3. The molecule has 0 unspecified atom stereocenters. The lowest BCUT2D eigenvalue weighted by atomic mass is 10.5. The van der Waals surface area contributed by atoms with Crippen LogP contribution in [0.1, 0.15) is 5.82 Å². The summed E-state index contributed by atoms with van der Waals surface area (Å²) in [6.45, 7) is 1.83. The normalized spacial score (nSPS) is 10.1. The first-order valence-corrected chi connectivity index (χ1v) is 5.69. The Morgan fingerprint density at radius 1 is 1.43 bits per heavy atom. The molecule has 2 heterocycles. The summed E-state index contributed by atoms with van der Waals surface area (Å²) in [6.07, 6.45) is 1.67. The van der Waals surface area contributed by atoms with Gasteiger partial charge in [-0.15, -0.1) is 0 Å². The highest BCUT2D eigenvalue weighted by Crippen LogP contribution is 2.22. The monoisotopic (exact) mass is 319 g/mol. The molecule has 6 heteroatoms. The SMILES string of the molecule is Cc1nsc(Oc2ccc(I)nc2)n1. The Labute approximate surface area is 98.7 Å². The number of pyridine rings is 1. The molecule has 0 fully saturated rings. The number of hydrogen-bond acceptors (Lipinski definition) is 5. The van der Waals surface area contributed by atoms with Crippen LogP contribution in [0.4, 0.5) is 0 Å². The minimum Gasteiger partial charge on any atom is -0.428 e. The summed E-state index contributed by atoms with van der Waals surface area (Å²) in [4.78, 5) is 8.18. The summed E-state index contributed by atoms with van der Waals surface area (Å²) < 4.78 is 10.4. The van der Waals surface area contributed by atoms with Crippen LogP contribution in [0, 0.1) is 10.6 Å². The fourth-order valence-corrected chi connectivity index (χ4v) is 1.72. The molecule has 0 saturated heterocycles. The molecule has 0 bridgehead atoms. The Hall–Kier alpha value is -0.760. The van der Waals surface area contributed by atoms with Gasteiger partial charge in [0, 0.05) is 11.5 Å². The van der Waals surface area contributed by atoms with Gasteiger partial charge in [0.15, 0.2) is 0 Å². The maximum atomic E-state index is 5.43. The van der Waals surface area contributed by atoms with E-state index in [1.165, 1.54) is 11.5 Å². The highest BCUT2D eigenvalue weighted by molar-refractivity contribution is 14.1. The largest absolute Gasteiger partial charge is 0.428 e. The maximum absolute atomic E-state index is 5.43. The van der Waals surface area contributed by atoms with E-state index in [4.69, 9.17) is 4.74 Å². The Morgan fingerprint density at radius 3 is 2.86 bits per heavy atom. The molecular weight excluding hydrogens is 313 g/mol. The minimum atomic E-state index is 0.547. The molecule has 0 aliphatic rings. The highest BCUT2D eigenvalue weighted by atomic mass is 127. The number of hydrogen-bond donors (Lipinski definition) is 0. The number of aryl methyl sites for hydroxylation is 1. The summed E-state index contributed by atoms with van der Waals surface area (Å²) in [5.41, 5.74) is 0. The fourth-order valence-electron chi connectivity index (χ4n) is 0.843. The average Bonchev–Trinajstić information content (AvgIpc) is 2.56. The number of ether oxygens (including phenoxy) is 1. The van der Waals surface area contributed by atoms with E-state index >= 15 is 0 Å². The van der Waals surface area contributed by atoms with Gasteiger partial charge >= 0.3 is 0 Å². The molecule has 4 nitrogen and oxygen atoms in total. The molecule has 0 amide bonds. The van der Waals surface area contributed by atoms with Gasteiger partial charge in [0.25, 0.3) is 5.19 Å². The van der Waals surface area contributed by atoms with Gasteiger partial charge < -0.3 is 4.74 Å². The number of halogens is 1.